The van der Waals surface area contributed by atoms with Crippen molar-refractivity contribution < 1.29 is 4.79 Å². The molecule has 3 rings (SSSR count). The molecule has 1 atom stereocenters. The zero-order chi connectivity index (χ0) is 16.8. The SMILES string of the molecule is CN(C(=O)CCc1cccnc1)[C@@H]1CCCN(c2ccccn2)C1. The summed E-state index contributed by atoms with van der Waals surface area (Å²) in [4.78, 5) is 25.3. The van der Waals surface area contributed by atoms with E-state index in [-0.39, 0.29) is 11.9 Å². The van der Waals surface area contributed by atoms with E-state index >= 15 is 0 Å². The molecule has 1 aliphatic rings. The van der Waals surface area contributed by atoms with Gasteiger partial charge in [0.25, 0.3) is 0 Å². The van der Waals surface area contributed by atoms with Crippen molar-refractivity contribution in [3.8, 4) is 0 Å². The molecule has 3 heterocycles. The molecule has 2 aromatic heterocycles. The summed E-state index contributed by atoms with van der Waals surface area (Å²) in [5.41, 5.74) is 1.11. The molecule has 2 aromatic rings. The van der Waals surface area contributed by atoms with Gasteiger partial charge in [0.05, 0.1) is 0 Å². The number of carbonyl (C=O) groups is 1. The lowest BCUT2D eigenvalue weighted by molar-refractivity contribution is -0.132. The third kappa shape index (κ3) is 4.10. The number of anilines is 1. The molecule has 0 N–H and O–H groups in total. The average Bonchev–Trinajstić information content (AvgIpc) is 2.67. The van der Waals surface area contributed by atoms with E-state index in [0.29, 0.717) is 6.42 Å². The van der Waals surface area contributed by atoms with Crippen LogP contribution in [0, 0.1) is 0 Å². The van der Waals surface area contributed by atoms with Gasteiger partial charge in [-0.05, 0) is 43.0 Å². The van der Waals surface area contributed by atoms with E-state index in [9.17, 15) is 4.79 Å². The highest BCUT2D eigenvalue weighted by Gasteiger charge is 2.26. The minimum Gasteiger partial charge on any atom is -0.355 e. The molecule has 0 spiro atoms. The number of piperidine rings is 1. The van der Waals surface area contributed by atoms with E-state index in [0.717, 1.165) is 43.7 Å². The van der Waals surface area contributed by atoms with Gasteiger partial charge in [0, 0.05) is 51.2 Å². The highest BCUT2D eigenvalue weighted by Crippen LogP contribution is 2.20. The molecule has 126 valence electrons. The van der Waals surface area contributed by atoms with Gasteiger partial charge < -0.3 is 9.80 Å². The van der Waals surface area contributed by atoms with Crippen LogP contribution in [0.25, 0.3) is 0 Å². The third-order valence-corrected chi connectivity index (χ3v) is 4.66. The topological polar surface area (TPSA) is 49.3 Å². The van der Waals surface area contributed by atoms with Crippen LogP contribution in [-0.2, 0) is 11.2 Å². The molecule has 1 saturated heterocycles. The van der Waals surface area contributed by atoms with E-state index in [1.807, 2.05) is 54.7 Å². The minimum atomic E-state index is 0.201. The summed E-state index contributed by atoms with van der Waals surface area (Å²) in [6, 6.07) is 10.2. The van der Waals surface area contributed by atoms with Gasteiger partial charge in [-0.3, -0.25) is 9.78 Å². The lowest BCUT2D eigenvalue weighted by Gasteiger charge is -2.38. The number of carbonyl (C=O) groups excluding carboxylic acids is 1. The standard InChI is InChI=1S/C19H24N4O/c1-22(19(24)10-9-16-6-4-11-20-14-16)17-7-5-13-23(15-17)18-8-2-3-12-21-18/h2-4,6,8,11-12,14,17H,5,7,9-10,13,15H2,1H3/t17-/m1/s1. The van der Waals surface area contributed by atoms with Gasteiger partial charge in [-0.2, -0.15) is 0 Å². The highest BCUT2D eigenvalue weighted by atomic mass is 16.2. The Balaban J connectivity index is 1.55. The van der Waals surface area contributed by atoms with Crippen molar-refractivity contribution in [1.82, 2.24) is 14.9 Å². The predicted octanol–water partition coefficient (Wildman–Crippen LogP) is 2.54. The fourth-order valence-electron chi connectivity index (χ4n) is 3.20. The van der Waals surface area contributed by atoms with E-state index < -0.39 is 0 Å². The fraction of sp³-hybridized carbons (Fsp3) is 0.421. The maximum absolute atomic E-state index is 12.5. The molecule has 0 unspecified atom stereocenters. The molecule has 1 aliphatic heterocycles. The van der Waals surface area contributed by atoms with Gasteiger partial charge in [-0.25, -0.2) is 4.98 Å². The largest absolute Gasteiger partial charge is 0.355 e. The number of aryl methyl sites for hydroxylation is 1. The second-order valence-electron chi connectivity index (χ2n) is 6.30. The highest BCUT2D eigenvalue weighted by molar-refractivity contribution is 5.76. The zero-order valence-corrected chi connectivity index (χ0v) is 14.1. The number of amides is 1. The summed E-state index contributed by atoms with van der Waals surface area (Å²) < 4.78 is 0. The van der Waals surface area contributed by atoms with Gasteiger partial charge >= 0.3 is 0 Å². The quantitative estimate of drug-likeness (QED) is 0.848. The van der Waals surface area contributed by atoms with Crippen molar-refractivity contribution in [2.24, 2.45) is 0 Å². The normalized spacial score (nSPS) is 17.5. The Morgan fingerprint density at radius 2 is 2.21 bits per heavy atom. The van der Waals surface area contributed by atoms with Crippen LogP contribution in [0.1, 0.15) is 24.8 Å². The second-order valence-corrected chi connectivity index (χ2v) is 6.30. The Morgan fingerprint density at radius 3 is 2.96 bits per heavy atom. The van der Waals surface area contributed by atoms with Crippen LogP contribution in [0.3, 0.4) is 0 Å². The van der Waals surface area contributed by atoms with Crippen molar-refractivity contribution in [3.05, 3.63) is 54.5 Å². The van der Waals surface area contributed by atoms with Crippen LogP contribution in [0.15, 0.2) is 48.9 Å². The van der Waals surface area contributed by atoms with Gasteiger partial charge in [0.15, 0.2) is 0 Å². The summed E-state index contributed by atoms with van der Waals surface area (Å²) in [5, 5.41) is 0. The first-order valence-corrected chi connectivity index (χ1v) is 8.54. The monoisotopic (exact) mass is 324 g/mol. The first-order chi connectivity index (χ1) is 11.7. The van der Waals surface area contributed by atoms with Crippen LogP contribution in [-0.4, -0.2) is 47.0 Å². The number of likely N-dealkylation sites (N-methyl/N-ethyl adjacent to an activating group) is 1. The Hall–Kier alpha value is -2.43. The number of hydrogen-bond donors (Lipinski definition) is 0. The third-order valence-electron chi connectivity index (χ3n) is 4.66. The fourth-order valence-corrected chi connectivity index (χ4v) is 3.20. The number of rotatable bonds is 5. The number of nitrogens with zero attached hydrogens (tertiary/aromatic N) is 4. The number of hydrogen-bond acceptors (Lipinski definition) is 4. The molecule has 0 radical (unpaired) electrons. The Labute approximate surface area is 143 Å². The van der Waals surface area contributed by atoms with Crippen LogP contribution in [0.5, 0.6) is 0 Å². The maximum atomic E-state index is 12.5. The predicted molar refractivity (Wildman–Crippen MR) is 94.8 cm³/mol. The van der Waals surface area contributed by atoms with Crippen molar-refractivity contribution in [2.45, 2.75) is 31.7 Å². The molecule has 1 fully saturated rings. The molecule has 0 aliphatic carbocycles. The van der Waals surface area contributed by atoms with Gasteiger partial charge in [-0.1, -0.05) is 12.1 Å². The number of pyridine rings is 2. The van der Waals surface area contributed by atoms with Crippen molar-refractivity contribution in [2.75, 3.05) is 25.0 Å². The molecule has 0 bridgehead atoms. The molecular weight excluding hydrogens is 300 g/mol. The van der Waals surface area contributed by atoms with Gasteiger partial charge in [0.2, 0.25) is 5.91 Å². The summed E-state index contributed by atoms with van der Waals surface area (Å²) in [6.45, 7) is 1.86. The van der Waals surface area contributed by atoms with Crippen LogP contribution in [0.2, 0.25) is 0 Å². The van der Waals surface area contributed by atoms with Crippen LogP contribution < -0.4 is 4.90 Å². The smallest absolute Gasteiger partial charge is 0.222 e. The van der Waals surface area contributed by atoms with E-state index in [4.69, 9.17) is 0 Å². The molecule has 0 aromatic carbocycles. The van der Waals surface area contributed by atoms with Crippen LogP contribution in [0.4, 0.5) is 5.82 Å². The summed E-state index contributed by atoms with van der Waals surface area (Å²) in [7, 11) is 1.93. The first-order valence-electron chi connectivity index (χ1n) is 8.54. The second kappa shape index (κ2) is 7.90. The Kier molecular flexibility index (Phi) is 5.41. The first kappa shape index (κ1) is 16.4. The lowest BCUT2D eigenvalue weighted by atomic mass is 10.0. The van der Waals surface area contributed by atoms with Gasteiger partial charge in [0.1, 0.15) is 5.82 Å². The molecular formula is C19H24N4O. The summed E-state index contributed by atoms with van der Waals surface area (Å²) >= 11 is 0. The van der Waals surface area contributed by atoms with Gasteiger partial charge in [-0.15, -0.1) is 0 Å². The summed E-state index contributed by atoms with van der Waals surface area (Å²) in [6.07, 6.45) is 8.82. The molecule has 5 nitrogen and oxygen atoms in total. The van der Waals surface area contributed by atoms with Crippen molar-refractivity contribution in [3.63, 3.8) is 0 Å². The minimum absolute atomic E-state index is 0.201. The van der Waals surface area contributed by atoms with Crippen LogP contribution >= 0.6 is 0 Å². The zero-order valence-electron chi connectivity index (χ0n) is 14.1. The Morgan fingerprint density at radius 1 is 1.29 bits per heavy atom. The molecule has 1 amide bonds. The average molecular weight is 324 g/mol. The van der Waals surface area contributed by atoms with E-state index in [1.165, 1.54) is 0 Å². The molecule has 5 heteroatoms. The lowest BCUT2D eigenvalue weighted by Crippen LogP contribution is -2.48. The Bertz CT molecular complexity index is 647. The van der Waals surface area contributed by atoms with E-state index in [1.54, 1.807) is 6.20 Å². The maximum Gasteiger partial charge on any atom is 0.222 e. The molecule has 0 saturated carbocycles. The molecule has 24 heavy (non-hydrogen) atoms. The summed E-state index contributed by atoms with van der Waals surface area (Å²) in [5.74, 6) is 1.20. The van der Waals surface area contributed by atoms with E-state index in [2.05, 4.69) is 14.9 Å². The number of aromatic nitrogens is 2. The van der Waals surface area contributed by atoms with Crippen molar-refractivity contribution >= 4 is 11.7 Å². The van der Waals surface area contributed by atoms with Crippen molar-refractivity contribution in [1.29, 1.82) is 0 Å².